The Morgan fingerprint density at radius 3 is 0.897 bits per heavy atom. The van der Waals surface area contributed by atoms with Crippen molar-refractivity contribution in [1.82, 2.24) is 0 Å². The van der Waals surface area contributed by atoms with Crippen molar-refractivity contribution in [2.75, 3.05) is 13.2 Å². The Morgan fingerprint density at radius 2 is 0.574 bits per heavy atom. The average molecular weight is 956 g/mol. The summed E-state index contributed by atoms with van der Waals surface area (Å²) in [5.41, 5.74) is 0. The largest absolute Gasteiger partial charge is 0.462 e. The lowest BCUT2D eigenvalue weighted by Gasteiger charge is -2.18. The molecule has 0 rings (SSSR count). The Labute approximate surface area is 423 Å². The van der Waals surface area contributed by atoms with E-state index in [1.807, 2.05) is 0 Å². The average Bonchev–Trinajstić information content (AvgIpc) is 3.34. The maximum Gasteiger partial charge on any atom is 0.306 e. The summed E-state index contributed by atoms with van der Waals surface area (Å²) in [7, 11) is 0. The molecule has 0 saturated carbocycles. The third-order valence-electron chi connectivity index (χ3n) is 13.4. The highest BCUT2D eigenvalue weighted by atomic mass is 16.6. The molecule has 68 heavy (non-hydrogen) atoms. The molecule has 0 N–H and O–H groups in total. The fraction of sp³-hybridized carbons (Fsp3) is 0.855. The third-order valence-corrected chi connectivity index (χ3v) is 13.4. The van der Waals surface area contributed by atoms with Crippen molar-refractivity contribution in [2.45, 2.75) is 329 Å². The second-order valence-electron chi connectivity index (χ2n) is 20.2. The number of esters is 3. The van der Waals surface area contributed by atoms with Gasteiger partial charge in [0, 0.05) is 19.3 Å². The van der Waals surface area contributed by atoms with Gasteiger partial charge < -0.3 is 14.2 Å². The molecule has 0 aromatic carbocycles. The Bertz CT molecular complexity index is 1140. The number of carbonyl (C=O) groups excluding carboxylic acids is 3. The van der Waals surface area contributed by atoms with E-state index in [1.165, 1.54) is 199 Å². The third kappa shape index (κ3) is 54.6. The molecular weight excluding hydrogens is 841 g/mol. The molecule has 398 valence electrons. The molecule has 0 amide bonds. The molecule has 0 aliphatic carbocycles. The fourth-order valence-electron chi connectivity index (χ4n) is 8.93. The minimum atomic E-state index is -0.773. The van der Waals surface area contributed by atoms with E-state index >= 15 is 0 Å². The predicted octanol–water partition coefficient (Wildman–Crippen LogP) is 20.0. The van der Waals surface area contributed by atoms with Crippen LogP contribution < -0.4 is 0 Å². The summed E-state index contributed by atoms with van der Waals surface area (Å²) in [5.74, 6) is -0.864. The summed E-state index contributed by atoms with van der Waals surface area (Å²) < 4.78 is 16.9. The molecular formula is C62H114O6. The van der Waals surface area contributed by atoms with Crippen LogP contribution in [0, 0.1) is 0 Å². The number of ether oxygens (including phenoxy) is 3. The number of hydrogen-bond donors (Lipinski definition) is 0. The van der Waals surface area contributed by atoms with Gasteiger partial charge in [-0.15, -0.1) is 0 Å². The lowest BCUT2D eigenvalue weighted by atomic mass is 10.0. The van der Waals surface area contributed by atoms with Crippen molar-refractivity contribution in [2.24, 2.45) is 0 Å². The first-order valence-corrected chi connectivity index (χ1v) is 30.0. The van der Waals surface area contributed by atoms with Crippen LogP contribution >= 0.6 is 0 Å². The summed E-state index contributed by atoms with van der Waals surface area (Å²) >= 11 is 0. The zero-order valence-corrected chi connectivity index (χ0v) is 45.6. The van der Waals surface area contributed by atoms with E-state index in [9.17, 15) is 14.4 Å². The van der Waals surface area contributed by atoms with Gasteiger partial charge in [-0.3, -0.25) is 14.4 Å². The molecule has 6 heteroatoms. The molecule has 1 atom stereocenters. The molecule has 0 aliphatic heterocycles. The second kappa shape index (κ2) is 57.2. The lowest BCUT2D eigenvalue weighted by molar-refractivity contribution is -0.167. The molecule has 0 aliphatic rings. The molecule has 0 bridgehead atoms. The van der Waals surface area contributed by atoms with Crippen molar-refractivity contribution in [1.29, 1.82) is 0 Å². The Kier molecular flexibility index (Phi) is 55.2. The smallest absolute Gasteiger partial charge is 0.306 e. The van der Waals surface area contributed by atoms with E-state index in [-0.39, 0.29) is 31.1 Å². The highest BCUT2D eigenvalue weighted by molar-refractivity contribution is 5.71. The second-order valence-corrected chi connectivity index (χ2v) is 20.2. The van der Waals surface area contributed by atoms with E-state index in [1.54, 1.807) is 0 Å². The van der Waals surface area contributed by atoms with E-state index in [2.05, 4.69) is 57.2 Å². The van der Waals surface area contributed by atoms with Crippen LogP contribution in [0.4, 0.5) is 0 Å². The molecule has 0 saturated heterocycles. The zero-order chi connectivity index (χ0) is 49.3. The maximum absolute atomic E-state index is 12.8. The molecule has 0 radical (unpaired) electrons. The van der Waals surface area contributed by atoms with Crippen LogP contribution in [0.3, 0.4) is 0 Å². The molecule has 0 fully saturated rings. The quantitative estimate of drug-likeness (QED) is 0.0262. The van der Waals surface area contributed by atoms with Crippen LogP contribution in [-0.4, -0.2) is 37.2 Å². The van der Waals surface area contributed by atoms with Gasteiger partial charge in [-0.1, -0.05) is 288 Å². The highest BCUT2D eigenvalue weighted by Gasteiger charge is 2.19. The van der Waals surface area contributed by atoms with Gasteiger partial charge in [-0.25, -0.2) is 0 Å². The van der Waals surface area contributed by atoms with Gasteiger partial charge >= 0.3 is 17.9 Å². The van der Waals surface area contributed by atoms with Gasteiger partial charge in [-0.2, -0.15) is 0 Å². The van der Waals surface area contributed by atoms with E-state index in [0.29, 0.717) is 19.3 Å². The van der Waals surface area contributed by atoms with Crippen LogP contribution in [0.25, 0.3) is 0 Å². The van der Waals surface area contributed by atoms with Crippen molar-refractivity contribution >= 4 is 17.9 Å². The van der Waals surface area contributed by atoms with Gasteiger partial charge in [-0.05, 0) is 51.4 Å². The van der Waals surface area contributed by atoms with Crippen LogP contribution in [0.1, 0.15) is 323 Å². The lowest BCUT2D eigenvalue weighted by Crippen LogP contribution is -2.30. The summed E-state index contributed by atoms with van der Waals surface area (Å²) in [6.45, 7) is 6.56. The minimum Gasteiger partial charge on any atom is -0.462 e. The van der Waals surface area contributed by atoms with Crippen molar-refractivity contribution in [3.63, 3.8) is 0 Å². The molecule has 0 aromatic heterocycles. The van der Waals surface area contributed by atoms with Crippen LogP contribution in [0.15, 0.2) is 36.5 Å². The first-order valence-electron chi connectivity index (χ1n) is 30.0. The minimum absolute atomic E-state index is 0.0714. The van der Waals surface area contributed by atoms with Gasteiger partial charge in [0.25, 0.3) is 0 Å². The summed E-state index contributed by atoms with van der Waals surface area (Å²) in [6.07, 6.45) is 68.7. The molecule has 0 aromatic rings. The topological polar surface area (TPSA) is 78.9 Å². The van der Waals surface area contributed by atoms with E-state index < -0.39 is 6.10 Å². The number of rotatable bonds is 55. The normalized spacial score (nSPS) is 12.2. The Morgan fingerprint density at radius 1 is 0.309 bits per heavy atom. The van der Waals surface area contributed by atoms with Gasteiger partial charge in [0.15, 0.2) is 6.10 Å². The molecule has 0 spiro atoms. The van der Waals surface area contributed by atoms with Crippen LogP contribution in [-0.2, 0) is 28.6 Å². The molecule has 6 nitrogen and oxygen atoms in total. The van der Waals surface area contributed by atoms with Crippen molar-refractivity contribution in [3.8, 4) is 0 Å². The molecule has 1 unspecified atom stereocenters. The van der Waals surface area contributed by atoms with Crippen molar-refractivity contribution in [3.05, 3.63) is 36.5 Å². The number of carbonyl (C=O) groups is 3. The van der Waals surface area contributed by atoms with Crippen LogP contribution in [0.5, 0.6) is 0 Å². The van der Waals surface area contributed by atoms with Gasteiger partial charge in [0.2, 0.25) is 0 Å². The first-order chi connectivity index (χ1) is 33.5. The highest BCUT2D eigenvalue weighted by Crippen LogP contribution is 2.17. The van der Waals surface area contributed by atoms with Gasteiger partial charge in [0.05, 0.1) is 0 Å². The monoisotopic (exact) mass is 955 g/mol. The number of hydrogen-bond acceptors (Lipinski definition) is 6. The fourth-order valence-corrected chi connectivity index (χ4v) is 8.93. The summed E-state index contributed by atoms with van der Waals surface area (Å²) in [5, 5.41) is 0. The summed E-state index contributed by atoms with van der Waals surface area (Å²) in [6, 6.07) is 0. The SMILES string of the molecule is CC/C=C\C/C=C\C/C=C\CCCCCCCCCC(=O)OC(COC(=O)CCCCCCCCCCCC)COC(=O)CCCCCCCCCCCCCCCCCCCCCCCCC. The predicted molar refractivity (Wildman–Crippen MR) is 293 cm³/mol. The Balaban J connectivity index is 4.21. The van der Waals surface area contributed by atoms with E-state index in [4.69, 9.17) is 14.2 Å². The van der Waals surface area contributed by atoms with E-state index in [0.717, 1.165) is 83.5 Å². The number of allylic oxidation sites excluding steroid dienone is 6. The number of unbranched alkanes of at least 4 members (excludes halogenated alkanes) is 38. The van der Waals surface area contributed by atoms with Crippen LogP contribution in [0.2, 0.25) is 0 Å². The zero-order valence-electron chi connectivity index (χ0n) is 45.6. The van der Waals surface area contributed by atoms with Crippen molar-refractivity contribution < 1.29 is 28.6 Å². The standard InChI is InChI=1S/C62H114O6/c1-4-7-10-13-16-19-22-24-26-28-29-30-31-32-33-35-36-38-40-43-46-49-52-55-61(64)67-58-59(57-66-60(63)54-51-48-45-42-21-18-15-12-9-6-3)68-62(65)56-53-50-47-44-41-39-37-34-27-25-23-20-17-14-11-8-5-2/h8,11,17,20,25,27,59H,4-7,9-10,12-16,18-19,21-24,26,28-58H2,1-3H3/b11-8-,20-17-,27-25-. The maximum atomic E-state index is 12.8. The van der Waals surface area contributed by atoms with Gasteiger partial charge in [0.1, 0.15) is 13.2 Å². The first kappa shape index (κ1) is 65.6. The summed E-state index contributed by atoms with van der Waals surface area (Å²) in [4.78, 5) is 38.1. The Hall–Kier alpha value is -2.37. The molecule has 0 heterocycles.